The van der Waals surface area contributed by atoms with E-state index in [4.69, 9.17) is 28.5 Å². The number of hydrogen-bond acceptors (Lipinski definition) is 7. The topological polar surface area (TPSA) is 61.9 Å². The van der Waals surface area contributed by atoms with Crippen molar-refractivity contribution in [3.05, 3.63) is 65.7 Å². The van der Waals surface area contributed by atoms with E-state index in [2.05, 4.69) is 77.8 Å². The van der Waals surface area contributed by atoms with Crippen molar-refractivity contribution in [2.75, 3.05) is 33.0 Å². The van der Waals surface area contributed by atoms with Gasteiger partial charge in [-0.05, 0) is 56.9 Å². The van der Waals surface area contributed by atoms with Gasteiger partial charge in [0, 0.05) is 23.3 Å². The van der Waals surface area contributed by atoms with Crippen molar-refractivity contribution in [1.29, 1.82) is 0 Å². The number of ether oxygens (including phenoxy) is 5. The Bertz CT molecular complexity index is 1150. The van der Waals surface area contributed by atoms with E-state index in [9.17, 15) is 0 Å². The molecule has 0 aliphatic carbocycles. The van der Waals surface area contributed by atoms with Gasteiger partial charge in [0.2, 0.25) is 0 Å². The van der Waals surface area contributed by atoms with Gasteiger partial charge in [0.15, 0.2) is 5.79 Å². The first kappa shape index (κ1) is 31.4. The molecule has 5 unspecified atom stereocenters. The molecule has 7 heteroatoms. The minimum Gasteiger partial charge on any atom is -0.491 e. The molecule has 3 heterocycles. The molecule has 3 aliphatic heterocycles. The first-order valence-corrected chi connectivity index (χ1v) is 15.8. The minimum atomic E-state index is -0.679. The number of benzene rings is 2. The Morgan fingerprint density at radius 2 is 1.62 bits per heavy atom. The molecule has 2 aromatic carbocycles. The summed E-state index contributed by atoms with van der Waals surface area (Å²) in [5, 5.41) is 2.29. The third-order valence-electron chi connectivity index (χ3n) is 9.99. The lowest BCUT2D eigenvalue weighted by Crippen LogP contribution is -2.74. The average molecular weight is 582 g/mol. The zero-order valence-corrected chi connectivity index (χ0v) is 26.7. The van der Waals surface area contributed by atoms with E-state index in [1.807, 2.05) is 30.3 Å². The Morgan fingerprint density at radius 3 is 2.21 bits per heavy atom. The van der Waals surface area contributed by atoms with Crippen molar-refractivity contribution >= 4 is 0 Å². The van der Waals surface area contributed by atoms with Gasteiger partial charge >= 0.3 is 0 Å². The fourth-order valence-electron chi connectivity index (χ4n) is 6.50. The van der Waals surface area contributed by atoms with Crippen LogP contribution < -0.4 is 4.74 Å². The zero-order valence-electron chi connectivity index (χ0n) is 26.7. The maximum absolute atomic E-state index is 6.92. The zero-order chi connectivity index (χ0) is 30.0. The van der Waals surface area contributed by atoms with Crippen molar-refractivity contribution in [3.8, 4) is 5.75 Å². The Balaban J connectivity index is 1.26. The third-order valence-corrected chi connectivity index (χ3v) is 9.99. The predicted molar refractivity (Wildman–Crippen MR) is 163 cm³/mol. The quantitative estimate of drug-likeness (QED) is 0.248. The summed E-state index contributed by atoms with van der Waals surface area (Å²) in [6, 6.07) is 18.5. The Kier molecular flexibility index (Phi) is 9.39. The van der Waals surface area contributed by atoms with E-state index < -0.39 is 5.79 Å². The van der Waals surface area contributed by atoms with E-state index in [0.717, 1.165) is 37.2 Å². The molecule has 0 bridgehead atoms. The minimum absolute atomic E-state index is 0.0806. The van der Waals surface area contributed by atoms with Gasteiger partial charge < -0.3 is 23.7 Å². The highest BCUT2D eigenvalue weighted by atomic mass is 16.7. The molecule has 1 spiro atoms. The number of rotatable bonds is 12. The molecule has 5 rings (SSSR count). The van der Waals surface area contributed by atoms with Crippen molar-refractivity contribution in [1.82, 2.24) is 5.06 Å². The summed E-state index contributed by atoms with van der Waals surface area (Å²) >= 11 is 0. The summed E-state index contributed by atoms with van der Waals surface area (Å²) in [6.07, 6.45) is 2.66. The van der Waals surface area contributed by atoms with Crippen LogP contribution in [0.15, 0.2) is 54.6 Å². The second kappa shape index (κ2) is 12.5. The molecular weight excluding hydrogens is 530 g/mol. The van der Waals surface area contributed by atoms with Gasteiger partial charge in [0.05, 0.1) is 38.6 Å². The van der Waals surface area contributed by atoms with Crippen LogP contribution in [0.3, 0.4) is 0 Å². The summed E-state index contributed by atoms with van der Waals surface area (Å²) in [5.41, 5.74) is 1.51. The lowest BCUT2D eigenvalue weighted by Gasteiger charge is -2.64. The van der Waals surface area contributed by atoms with Gasteiger partial charge in [0.1, 0.15) is 24.6 Å². The van der Waals surface area contributed by atoms with Gasteiger partial charge in [-0.2, -0.15) is 5.06 Å². The fraction of sp³-hybridized carbons (Fsp3) is 0.657. The summed E-state index contributed by atoms with van der Waals surface area (Å²) in [6.45, 7) is 19.5. The molecule has 7 nitrogen and oxygen atoms in total. The second-order valence-corrected chi connectivity index (χ2v) is 13.5. The average Bonchev–Trinajstić information content (AvgIpc) is 3.84. The number of hydroxylamine groups is 2. The Labute approximate surface area is 252 Å². The number of hydrogen-bond donors (Lipinski definition) is 0. The molecule has 0 radical (unpaired) electrons. The summed E-state index contributed by atoms with van der Waals surface area (Å²) in [5.74, 6) is 0.259. The standard InChI is InChI=1S/C35H51NO6/c1-8-33(6)22-35(40-24-32(5,25-41-35)23-37-19-28-13-11-10-12-14-28)27(4)34(7,9-2)36(33)42-26(3)29-15-17-30(18-16-29)38-20-31-21-39-31/h10-18,26-27,31H,8-9,19-25H2,1-7H3. The summed E-state index contributed by atoms with van der Waals surface area (Å²) < 4.78 is 30.9. The van der Waals surface area contributed by atoms with Crippen LogP contribution in [0, 0.1) is 11.3 Å². The highest BCUT2D eigenvalue weighted by molar-refractivity contribution is 5.28. The Hall–Kier alpha value is -2.00. The van der Waals surface area contributed by atoms with E-state index in [0.29, 0.717) is 33.0 Å². The van der Waals surface area contributed by atoms with Gasteiger partial charge in [-0.3, -0.25) is 4.84 Å². The molecule has 3 saturated heterocycles. The lowest BCUT2D eigenvalue weighted by atomic mass is 9.67. The first-order valence-electron chi connectivity index (χ1n) is 15.8. The van der Waals surface area contributed by atoms with Crippen molar-refractivity contribution in [2.24, 2.45) is 11.3 Å². The monoisotopic (exact) mass is 581 g/mol. The maximum atomic E-state index is 6.92. The van der Waals surface area contributed by atoms with Crippen LogP contribution in [0.1, 0.15) is 85.0 Å². The van der Waals surface area contributed by atoms with E-state index in [-0.39, 0.29) is 34.6 Å². The smallest absolute Gasteiger partial charge is 0.174 e. The normalized spacial score (nSPS) is 35.7. The van der Waals surface area contributed by atoms with Crippen molar-refractivity contribution < 1.29 is 28.5 Å². The number of piperidine rings is 1. The van der Waals surface area contributed by atoms with E-state index in [1.54, 1.807) is 0 Å². The van der Waals surface area contributed by atoms with Crippen LogP contribution in [-0.4, -0.2) is 61.1 Å². The van der Waals surface area contributed by atoms with Gasteiger partial charge in [-0.15, -0.1) is 0 Å². The number of epoxide rings is 1. The number of nitrogens with zero attached hydrogens (tertiary/aromatic N) is 1. The molecule has 42 heavy (non-hydrogen) atoms. The summed E-state index contributed by atoms with van der Waals surface area (Å²) in [7, 11) is 0. The van der Waals surface area contributed by atoms with Gasteiger partial charge in [-0.25, -0.2) is 0 Å². The van der Waals surface area contributed by atoms with Crippen LogP contribution in [0.2, 0.25) is 0 Å². The van der Waals surface area contributed by atoms with Crippen LogP contribution in [0.4, 0.5) is 0 Å². The molecule has 0 N–H and O–H groups in total. The molecule has 0 saturated carbocycles. The largest absolute Gasteiger partial charge is 0.491 e. The molecule has 3 fully saturated rings. The lowest BCUT2D eigenvalue weighted by molar-refractivity contribution is -0.417. The van der Waals surface area contributed by atoms with Crippen LogP contribution in [0.5, 0.6) is 5.75 Å². The van der Waals surface area contributed by atoms with Crippen molar-refractivity contribution in [2.45, 2.75) is 103 Å². The Morgan fingerprint density at radius 1 is 0.952 bits per heavy atom. The molecule has 5 atom stereocenters. The third kappa shape index (κ3) is 6.57. The second-order valence-electron chi connectivity index (χ2n) is 13.5. The molecule has 2 aromatic rings. The van der Waals surface area contributed by atoms with Crippen LogP contribution in [0.25, 0.3) is 0 Å². The highest BCUT2D eigenvalue weighted by Gasteiger charge is 2.63. The maximum Gasteiger partial charge on any atom is 0.174 e. The van der Waals surface area contributed by atoms with Gasteiger partial charge in [0.25, 0.3) is 0 Å². The van der Waals surface area contributed by atoms with Gasteiger partial charge in [-0.1, -0.05) is 70.2 Å². The fourth-order valence-corrected chi connectivity index (χ4v) is 6.50. The van der Waals surface area contributed by atoms with Crippen LogP contribution >= 0.6 is 0 Å². The summed E-state index contributed by atoms with van der Waals surface area (Å²) in [4.78, 5) is 6.92. The van der Waals surface area contributed by atoms with Crippen molar-refractivity contribution in [3.63, 3.8) is 0 Å². The predicted octanol–water partition coefficient (Wildman–Crippen LogP) is 7.10. The first-order chi connectivity index (χ1) is 20.0. The molecular formula is C35H51NO6. The SMILES string of the molecule is CCC1(C)CC2(OCC(C)(COCc3ccccc3)CO2)C(C)C(C)(CC)N1OC(C)c1ccc(OCC2CO2)cc1. The molecule has 232 valence electrons. The molecule has 0 amide bonds. The van der Waals surface area contributed by atoms with Crippen LogP contribution in [-0.2, 0) is 30.4 Å². The van der Waals surface area contributed by atoms with E-state index in [1.165, 1.54) is 5.56 Å². The van der Waals surface area contributed by atoms with E-state index >= 15 is 0 Å². The highest BCUT2D eigenvalue weighted by Crippen LogP contribution is 2.55. The molecule has 0 aromatic heterocycles. The molecule has 3 aliphatic rings.